The molecular weight excluding hydrogens is 240 g/mol. The van der Waals surface area contributed by atoms with E-state index in [4.69, 9.17) is 5.73 Å². The van der Waals surface area contributed by atoms with Crippen LogP contribution < -0.4 is 5.73 Å². The Kier molecular flexibility index (Phi) is 2.64. The molecule has 0 saturated heterocycles. The summed E-state index contributed by atoms with van der Waals surface area (Å²) in [6, 6.07) is 14.2. The second-order valence-corrected chi connectivity index (χ2v) is 4.18. The number of aromatic nitrogens is 3. The van der Waals surface area contributed by atoms with Gasteiger partial charge in [0.25, 0.3) is 0 Å². The van der Waals surface area contributed by atoms with Crippen molar-refractivity contribution in [2.45, 2.75) is 0 Å². The summed E-state index contributed by atoms with van der Waals surface area (Å²) in [6.45, 7) is 0. The molecule has 0 unspecified atom stereocenters. The van der Waals surface area contributed by atoms with E-state index in [1.54, 1.807) is 24.3 Å². The molecule has 0 aliphatic rings. The van der Waals surface area contributed by atoms with E-state index >= 15 is 0 Å². The van der Waals surface area contributed by atoms with Crippen LogP contribution in [0, 0.1) is 0 Å². The lowest BCUT2D eigenvalue weighted by Crippen LogP contribution is -1.86. The zero-order chi connectivity index (χ0) is 13.2. The molecule has 1 heterocycles. The van der Waals surface area contributed by atoms with Gasteiger partial charge >= 0.3 is 0 Å². The van der Waals surface area contributed by atoms with Crippen molar-refractivity contribution >= 4 is 5.69 Å². The smallest absolute Gasteiger partial charge is 0.181 e. The predicted molar refractivity (Wildman–Crippen MR) is 73.3 cm³/mol. The third kappa shape index (κ3) is 2.26. The summed E-state index contributed by atoms with van der Waals surface area (Å²) in [6.07, 6.45) is 0. The first-order valence-electron chi connectivity index (χ1n) is 5.80. The van der Waals surface area contributed by atoms with Gasteiger partial charge < -0.3 is 10.8 Å². The molecule has 0 aliphatic heterocycles. The van der Waals surface area contributed by atoms with Crippen LogP contribution in [0.1, 0.15) is 0 Å². The fourth-order valence-electron chi connectivity index (χ4n) is 1.82. The highest BCUT2D eigenvalue weighted by atomic mass is 16.3. The molecule has 19 heavy (non-hydrogen) atoms. The number of nitrogens with two attached hydrogens (primary N) is 1. The lowest BCUT2D eigenvalue weighted by molar-refractivity contribution is 0.475. The van der Waals surface area contributed by atoms with Gasteiger partial charge in [-0.3, -0.25) is 5.10 Å². The zero-order valence-corrected chi connectivity index (χ0v) is 10.0. The highest BCUT2D eigenvalue weighted by Crippen LogP contribution is 2.22. The van der Waals surface area contributed by atoms with E-state index in [0.717, 1.165) is 11.1 Å². The van der Waals surface area contributed by atoms with Gasteiger partial charge in [-0.2, -0.15) is 5.10 Å². The third-order valence-corrected chi connectivity index (χ3v) is 2.77. The zero-order valence-electron chi connectivity index (χ0n) is 10.0. The maximum Gasteiger partial charge on any atom is 0.181 e. The Morgan fingerprint density at radius 2 is 1.79 bits per heavy atom. The second kappa shape index (κ2) is 4.45. The van der Waals surface area contributed by atoms with Crippen molar-refractivity contribution in [2.75, 3.05) is 5.73 Å². The van der Waals surface area contributed by atoms with E-state index in [2.05, 4.69) is 15.2 Å². The van der Waals surface area contributed by atoms with E-state index in [1.807, 2.05) is 24.3 Å². The van der Waals surface area contributed by atoms with Crippen molar-refractivity contribution in [1.82, 2.24) is 15.2 Å². The number of rotatable bonds is 2. The van der Waals surface area contributed by atoms with Crippen molar-refractivity contribution < 1.29 is 5.11 Å². The molecule has 5 nitrogen and oxygen atoms in total. The molecule has 94 valence electrons. The van der Waals surface area contributed by atoms with Crippen LogP contribution in [0.2, 0.25) is 0 Å². The molecule has 0 radical (unpaired) electrons. The van der Waals surface area contributed by atoms with Gasteiger partial charge in [0.2, 0.25) is 0 Å². The molecule has 0 aliphatic carbocycles. The van der Waals surface area contributed by atoms with Gasteiger partial charge in [0, 0.05) is 16.8 Å². The van der Waals surface area contributed by atoms with E-state index in [9.17, 15) is 5.11 Å². The van der Waals surface area contributed by atoms with Gasteiger partial charge in [-0.25, -0.2) is 4.98 Å². The monoisotopic (exact) mass is 252 g/mol. The minimum Gasteiger partial charge on any atom is -0.508 e. The molecule has 2 aromatic carbocycles. The number of H-pyrrole nitrogens is 1. The number of aromatic amines is 1. The molecule has 0 fully saturated rings. The summed E-state index contributed by atoms with van der Waals surface area (Å²) < 4.78 is 0. The average Bonchev–Trinajstić information content (AvgIpc) is 2.89. The Bertz CT molecular complexity index is 703. The van der Waals surface area contributed by atoms with Crippen LogP contribution in [0.5, 0.6) is 5.75 Å². The summed E-state index contributed by atoms with van der Waals surface area (Å²) in [7, 11) is 0. The fraction of sp³-hybridized carbons (Fsp3) is 0. The van der Waals surface area contributed by atoms with Crippen molar-refractivity contribution in [3.63, 3.8) is 0 Å². The molecule has 4 N–H and O–H groups in total. The molecule has 0 amide bonds. The minimum absolute atomic E-state index is 0.222. The Labute approximate surface area is 109 Å². The van der Waals surface area contributed by atoms with E-state index < -0.39 is 0 Å². The molecule has 1 aromatic heterocycles. The summed E-state index contributed by atoms with van der Waals surface area (Å²) in [4.78, 5) is 4.42. The lowest BCUT2D eigenvalue weighted by atomic mass is 10.2. The number of hydrogen-bond acceptors (Lipinski definition) is 4. The molecule has 3 rings (SSSR count). The molecule has 5 heteroatoms. The number of nitrogens with zero attached hydrogens (tertiary/aromatic N) is 2. The minimum atomic E-state index is 0.222. The molecule has 3 aromatic rings. The standard InChI is InChI=1S/C14H12N4O/c15-11-3-1-2-10(8-11)14-16-13(17-18-14)9-4-6-12(19)7-5-9/h1-8,19H,15H2,(H,16,17,18). The Morgan fingerprint density at radius 3 is 2.53 bits per heavy atom. The Hall–Kier alpha value is -2.82. The van der Waals surface area contributed by atoms with Gasteiger partial charge in [-0.15, -0.1) is 0 Å². The van der Waals surface area contributed by atoms with Gasteiger partial charge in [0.15, 0.2) is 11.6 Å². The number of anilines is 1. The second-order valence-electron chi connectivity index (χ2n) is 4.18. The summed E-state index contributed by atoms with van der Waals surface area (Å²) in [5.41, 5.74) is 8.14. The van der Waals surface area contributed by atoms with Crippen LogP contribution in [0.3, 0.4) is 0 Å². The summed E-state index contributed by atoms with van der Waals surface area (Å²) in [5.74, 6) is 1.46. The average molecular weight is 252 g/mol. The summed E-state index contributed by atoms with van der Waals surface area (Å²) in [5, 5.41) is 16.3. The number of nitrogen functional groups attached to an aromatic ring is 1. The number of phenolic OH excluding ortho intramolecular Hbond substituents is 1. The maximum absolute atomic E-state index is 9.26. The van der Waals surface area contributed by atoms with Crippen molar-refractivity contribution in [1.29, 1.82) is 0 Å². The van der Waals surface area contributed by atoms with E-state index in [-0.39, 0.29) is 5.75 Å². The van der Waals surface area contributed by atoms with Crippen LogP contribution in [0.25, 0.3) is 22.8 Å². The largest absolute Gasteiger partial charge is 0.508 e. The SMILES string of the molecule is Nc1cccc(-c2n[nH]c(-c3ccc(O)cc3)n2)c1. The Morgan fingerprint density at radius 1 is 1.00 bits per heavy atom. The number of hydrogen-bond donors (Lipinski definition) is 3. The van der Waals surface area contributed by atoms with E-state index in [0.29, 0.717) is 17.3 Å². The quantitative estimate of drug-likeness (QED) is 0.611. The van der Waals surface area contributed by atoms with Crippen LogP contribution >= 0.6 is 0 Å². The first-order valence-corrected chi connectivity index (χ1v) is 5.80. The van der Waals surface area contributed by atoms with Gasteiger partial charge in [-0.05, 0) is 36.4 Å². The summed E-state index contributed by atoms with van der Waals surface area (Å²) >= 11 is 0. The maximum atomic E-state index is 9.26. The molecular formula is C14H12N4O. The third-order valence-electron chi connectivity index (χ3n) is 2.77. The number of nitrogens with one attached hydrogen (secondary N) is 1. The normalized spacial score (nSPS) is 10.5. The van der Waals surface area contributed by atoms with Gasteiger partial charge in [0.05, 0.1) is 0 Å². The number of aromatic hydroxyl groups is 1. The lowest BCUT2D eigenvalue weighted by Gasteiger charge is -1.97. The van der Waals surface area contributed by atoms with Crippen molar-refractivity contribution in [3.05, 3.63) is 48.5 Å². The molecule has 0 bridgehead atoms. The first kappa shape index (κ1) is 11.3. The molecule has 0 spiro atoms. The topological polar surface area (TPSA) is 87.8 Å². The molecule has 0 saturated carbocycles. The number of phenols is 1. The van der Waals surface area contributed by atoms with Crippen molar-refractivity contribution in [2.24, 2.45) is 0 Å². The van der Waals surface area contributed by atoms with E-state index in [1.165, 1.54) is 0 Å². The fourth-order valence-corrected chi connectivity index (χ4v) is 1.82. The highest BCUT2D eigenvalue weighted by Gasteiger charge is 2.07. The van der Waals surface area contributed by atoms with Gasteiger partial charge in [-0.1, -0.05) is 12.1 Å². The highest BCUT2D eigenvalue weighted by molar-refractivity contribution is 5.64. The van der Waals surface area contributed by atoms with Crippen molar-refractivity contribution in [3.8, 4) is 28.5 Å². The van der Waals surface area contributed by atoms with Crippen LogP contribution in [0.4, 0.5) is 5.69 Å². The van der Waals surface area contributed by atoms with Crippen LogP contribution in [0.15, 0.2) is 48.5 Å². The number of benzene rings is 2. The Balaban J connectivity index is 1.97. The first-order chi connectivity index (χ1) is 9.22. The predicted octanol–water partition coefficient (Wildman–Crippen LogP) is 2.43. The van der Waals surface area contributed by atoms with Crippen LogP contribution in [-0.2, 0) is 0 Å². The molecule has 0 atom stereocenters. The van der Waals surface area contributed by atoms with Crippen LogP contribution in [-0.4, -0.2) is 20.3 Å². The van der Waals surface area contributed by atoms with Gasteiger partial charge in [0.1, 0.15) is 5.75 Å².